The molecule has 0 amide bonds. The van der Waals surface area contributed by atoms with E-state index in [4.69, 9.17) is 5.73 Å². The Hall–Kier alpha value is -3.56. The first-order valence-electron chi connectivity index (χ1n) is 9.09. The topological polar surface area (TPSA) is 65.9 Å². The lowest BCUT2D eigenvalue weighted by Gasteiger charge is -2.29. The van der Waals surface area contributed by atoms with Crippen molar-refractivity contribution >= 4 is 17.5 Å². The number of pyridine rings is 1. The van der Waals surface area contributed by atoms with Crippen LogP contribution < -0.4 is 5.73 Å². The van der Waals surface area contributed by atoms with Crippen LogP contribution in [-0.4, -0.2) is 23.5 Å². The van der Waals surface area contributed by atoms with E-state index in [9.17, 15) is 14.0 Å². The molecule has 1 aliphatic heterocycles. The summed E-state index contributed by atoms with van der Waals surface area (Å²) in [6.07, 6.45) is 1.95. The molecule has 0 fully saturated rings. The van der Waals surface area contributed by atoms with Gasteiger partial charge in [0, 0.05) is 24.2 Å². The van der Waals surface area contributed by atoms with Gasteiger partial charge in [-0.25, -0.2) is 13.8 Å². The maximum absolute atomic E-state index is 13.5. The Kier molecular flexibility index (Phi) is 4.83. The minimum atomic E-state index is -0.350. The molecule has 0 saturated carbocycles. The van der Waals surface area contributed by atoms with Gasteiger partial charge >= 0.3 is 0 Å². The summed E-state index contributed by atoms with van der Waals surface area (Å²) >= 11 is 0. The zero-order valence-electron chi connectivity index (χ0n) is 15.8. The Morgan fingerprint density at radius 3 is 2.28 bits per heavy atom. The van der Waals surface area contributed by atoms with E-state index >= 15 is 0 Å². The molecular formula is C23H18F2N4. The molecule has 4 rings (SSSR count). The van der Waals surface area contributed by atoms with Gasteiger partial charge in [0.15, 0.2) is 0 Å². The molecule has 2 N–H and O–H groups in total. The summed E-state index contributed by atoms with van der Waals surface area (Å²) in [5.74, 6) is -0.509. The summed E-state index contributed by atoms with van der Waals surface area (Å²) in [7, 11) is 1.97. The zero-order chi connectivity index (χ0) is 20.5. The van der Waals surface area contributed by atoms with Crippen LogP contribution in [0, 0.1) is 23.0 Å². The summed E-state index contributed by atoms with van der Waals surface area (Å²) in [5, 5.41) is 9.70. The van der Waals surface area contributed by atoms with Crippen molar-refractivity contribution in [2.24, 2.45) is 0 Å². The average molecular weight is 388 g/mol. The second kappa shape index (κ2) is 7.46. The minimum Gasteiger partial charge on any atom is -0.383 e. The zero-order valence-corrected chi connectivity index (χ0v) is 15.8. The second-order valence-corrected chi connectivity index (χ2v) is 7.09. The Labute approximate surface area is 167 Å². The Morgan fingerprint density at radius 1 is 1.03 bits per heavy atom. The lowest BCUT2D eigenvalue weighted by Crippen LogP contribution is -2.28. The van der Waals surface area contributed by atoms with Gasteiger partial charge < -0.3 is 5.73 Å². The van der Waals surface area contributed by atoms with Gasteiger partial charge in [0.05, 0.1) is 5.69 Å². The van der Waals surface area contributed by atoms with Crippen molar-refractivity contribution in [3.8, 4) is 17.2 Å². The first-order chi connectivity index (χ1) is 14.0. The number of hydrogen-bond donors (Lipinski definition) is 1. The first kappa shape index (κ1) is 18.8. The highest BCUT2D eigenvalue weighted by Gasteiger charge is 2.26. The van der Waals surface area contributed by atoms with Crippen LogP contribution in [0.2, 0.25) is 0 Å². The number of rotatable bonds is 2. The van der Waals surface area contributed by atoms with Crippen molar-refractivity contribution in [1.82, 2.24) is 9.88 Å². The van der Waals surface area contributed by atoms with Crippen molar-refractivity contribution < 1.29 is 8.78 Å². The quantitative estimate of drug-likeness (QED) is 0.704. The summed E-state index contributed by atoms with van der Waals surface area (Å²) in [6.45, 7) is 1.20. The molecule has 2 aromatic carbocycles. The fourth-order valence-electron chi connectivity index (χ4n) is 3.67. The summed E-state index contributed by atoms with van der Waals surface area (Å²) < 4.78 is 26.7. The molecule has 0 aliphatic carbocycles. The van der Waals surface area contributed by atoms with Crippen LogP contribution >= 0.6 is 0 Å². The molecule has 4 nitrogen and oxygen atoms in total. The van der Waals surface area contributed by atoms with Gasteiger partial charge in [-0.1, -0.05) is 24.3 Å². The highest BCUT2D eigenvalue weighted by molar-refractivity contribution is 5.89. The van der Waals surface area contributed by atoms with E-state index in [2.05, 4.69) is 16.0 Å². The molecule has 1 aromatic heterocycles. The van der Waals surface area contributed by atoms with Crippen LogP contribution in [0.3, 0.4) is 0 Å². The number of likely N-dealkylation sites (N-methyl/N-ethyl adjacent to an activating group) is 1. The monoisotopic (exact) mass is 388 g/mol. The number of fused-ring (bicyclic) bond motifs is 1. The number of nitriles is 1. The van der Waals surface area contributed by atoms with Gasteiger partial charge in [-0.2, -0.15) is 5.26 Å². The largest absolute Gasteiger partial charge is 0.383 e. The van der Waals surface area contributed by atoms with E-state index in [0.29, 0.717) is 29.9 Å². The molecule has 29 heavy (non-hydrogen) atoms. The molecule has 0 unspecified atom stereocenters. The third-order valence-electron chi connectivity index (χ3n) is 4.95. The molecule has 1 aliphatic rings. The van der Waals surface area contributed by atoms with Crippen molar-refractivity contribution in [3.63, 3.8) is 0 Å². The smallest absolute Gasteiger partial charge is 0.142 e. The van der Waals surface area contributed by atoms with Crippen LogP contribution in [0.4, 0.5) is 14.6 Å². The molecular weight excluding hydrogens is 370 g/mol. The molecule has 2 heterocycles. The number of benzene rings is 2. The van der Waals surface area contributed by atoms with E-state index in [1.165, 1.54) is 24.3 Å². The molecule has 0 atom stereocenters. The van der Waals surface area contributed by atoms with Gasteiger partial charge in [0.1, 0.15) is 29.1 Å². The lowest BCUT2D eigenvalue weighted by molar-refractivity contribution is 0.358. The van der Waals surface area contributed by atoms with Crippen molar-refractivity contribution in [1.29, 1.82) is 5.26 Å². The van der Waals surface area contributed by atoms with E-state index in [1.807, 2.05) is 13.1 Å². The Bertz CT molecular complexity index is 1140. The van der Waals surface area contributed by atoms with Crippen LogP contribution in [-0.2, 0) is 6.54 Å². The van der Waals surface area contributed by atoms with Crippen LogP contribution in [0.25, 0.3) is 22.8 Å². The molecule has 0 saturated heterocycles. The third-order valence-corrected chi connectivity index (χ3v) is 4.95. The normalized spacial score (nSPS) is 15.2. The number of anilines is 1. The van der Waals surface area contributed by atoms with Crippen LogP contribution in [0.1, 0.15) is 22.4 Å². The predicted molar refractivity (Wildman–Crippen MR) is 109 cm³/mol. The third kappa shape index (κ3) is 3.60. The number of hydrogen-bond acceptors (Lipinski definition) is 4. The fourth-order valence-corrected chi connectivity index (χ4v) is 3.67. The average Bonchev–Trinajstić information content (AvgIpc) is 2.70. The lowest BCUT2D eigenvalue weighted by atomic mass is 9.89. The van der Waals surface area contributed by atoms with E-state index in [-0.39, 0.29) is 23.0 Å². The highest BCUT2D eigenvalue weighted by Crippen LogP contribution is 2.38. The maximum Gasteiger partial charge on any atom is 0.142 e. The Morgan fingerprint density at radius 2 is 1.66 bits per heavy atom. The van der Waals surface area contributed by atoms with Gasteiger partial charge in [-0.15, -0.1) is 0 Å². The number of aromatic nitrogens is 1. The fraction of sp³-hybridized carbons (Fsp3) is 0.130. The summed E-state index contributed by atoms with van der Waals surface area (Å²) in [4.78, 5) is 6.63. The molecule has 6 heteroatoms. The van der Waals surface area contributed by atoms with Crippen molar-refractivity contribution in [2.45, 2.75) is 6.54 Å². The number of nitrogens with zero attached hydrogens (tertiary/aromatic N) is 3. The molecule has 3 aromatic rings. The van der Waals surface area contributed by atoms with Crippen molar-refractivity contribution in [2.75, 3.05) is 19.3 Å². The van der Waals surface area contributed by atoms with Gasteiger partial charge in [-0.3, -0.25) is 4.90 Å². The molecule has 0 radical (unpaired) electrons. The predicted octanol–water partition coefficient (Wildman–Crippen LogP) is 4.47. The highest BCUT2D eigenvalue weighted by atomic mass is 19.1. The molecule has 0 bridgehead atoms. The van der Waals surface area contributed by atoms with E-state index < -0.39 is 0 Å². The summed E-state index contributed by atoms with van der Waals surface area (Å²) in [6, 6.07) is 14.4. The number of nitrogens with two attached hydrogens (primary N) is 1. The maximum atomic E-state index is 13.5. The van der Waals surface area contributed by atoms with Gasteiger partial charge in [0.2, 0.25) is 0 Å². The number of nitrogen functional groups attached to an aromatic ring is 1. The van der Waals surface area contributed by atoms with Crippen LogP contribution in [0.5, 0.6) is 0 Å². The molecule has 144 valence electrons. The Balaban J connectivity index is 1.95. The summed E-state index contributed by atoms with van der Waals surface area (Å²) in [5.41, 5.74) is 11.1. The second-order valence-electron chi connectivity index (χ2n) is 7.09. The van der Waals surface area contributed by atoms with Crippen LogP contribution in [0.15, 0.2) is 48.5 Å². The van der Waals surface area contributed by atoms with Crippen molar-refractivity contribution in [3.05, 3.63) is 82.5 Å². The first-order valence-corrected chi connectivity index (χ1v) is 9.09. The van der Waals surface area contributed by atoms with Gasteiger partial charge in [0.25, 0.3) is 0 Å². The SMILES string of the molecule is CN1C/C(=C\c2ccc(F)cc2)c2nc(N)c(C#N)c(-c3ccc(F)cc3)c2C1. The minimum absolute atomic E-state index is 0.139. The number of halogens is 2. The standard InChI is InChI=1S/C23H18F2N4/c1-29-12-16(10-14-2-6-17(24)7-3-14)22-20(13-29)21(19(11-26)23(27)28-22)15-4-8-18(25)9-5-15/h2-10H,12-13H2,1H3,(H2,27,28)/b16-10+. The van der Waals surface area contributed by atoms with Gasteiger partial charge in [-0.05, 0) is 54.1 Å². The molecule has 0 spiro atoms. The van der Waals surface area contributed by atoms with E-state index in [1.54, 1.807) is 24.3 Å². The van der Waals surface area contributed by atoms with E-state index in [0.717, 1.165) is 16.7 Å².